The zero-order valence-corrected chi connectivity index (χ0v) is 8.07. The quantitative estimate of drug-likeness (QED) is 0.713. The average molecular weight is 185 g/mol. The molecule has 0 amide bonds. The zero-order valence-electron chi connectivity index (χ0n) is 8.07. The molecular weight excluding hydrogens is 172 g/mol. The summed E-state index contributed by atoms with van der Waals surface area (Å²) in [5, 5.41) is 2.60. The molecule has 2 aromatic rings. The van der Waals surface area contributed by atoms with E-state index in [0.717, 1.165) is 6.42 Å². The van der Waals surface area contributed by atoms with Crippen LogP contribution in [-0.4, -0.2) is 6.61 Å². The van der Waals surface area contributed by atoms with Gasteiger partial charge in [0.05, 0.1) is 13.7 Å². The first-order valence-corrected chi connectivity index (χ1v) is 4.75. The van der Waals surface area contributed by atoms with E-state index in [1.807, 2.05) is 0 Å². The summed E-state index contributed by atoms with van der Waals surface area (Å²) in [4.78, 5) is 0. The highest BCUT2D eigenvalue weighted by atomic mass is 16.5. The minimum Gasteiger partial charge on any atom is -0.379 e. The van der Waals surface area contributed by atoms with Crippen LogP contribution in [0.5, 0.6) is 0 Å². The number of benzene rings is 2. The van der Waals surface area contributed by atoms with Gasteiger partial charge in [-0.2, -0.15) is 0 Å². The molecule has 2 aromatic carbocycles. The predicted molar refractivity (Wildman–Crippen MR) is 59.0 cm³/mol. The molecule has 0 saturated carbocycles. The Morgan fingerprint density at radius 1 is 1.00 bits per heavy atom. The van der Waals surface area contributed by atoms with E-state index in [4.69, 9.17) is 4.74 Å². The first-order chi connectivity index (χ1) is 6.92. The van der Waals surface area contributed by atoms with Gasteiger partial charge in [0.15, 0.2) is 0 Å². The second-order valence-electron chi connectivity index (χ2n) is 3.30. The lowest BCUT2D eigenvalue weighted by Gasteiger charge is -2.05. The summed E-state index contributed by atoms with van der Waals surface area (Å²) in [7, 11) is 3.38. The zero-order chi connectivity index (χ0) is 9.80. The molecule has 0 N–H and O–H groups in total. The molecule has 0 aliphatic rings. The maximum atomic E-state index is 4.84. The Labute approximate surface area is 84.3 Å². The third-order valence-corrected chi connectivity index (χ3v) is 2.40. The van der Waals surface area contributed by atoms with Crippen molar-refractivity contribution in [2.75, 3.05) is 6.61 Å². The molecule has 14 heavy (non-hydrogen) atoms. The molecule has 0 aliphatic carbocycles. The highest BCUT2D eigenvalue weighted by Gasteiger charge is 1.98. The predicted octanol–water partition coefficient (Wildman–Crippen LogP) is 3.19. The summed E-state index contributed by atoms with van der Waals surface area (Å²) in [5.41, 5.74) is 1.33. The van der Waals surface area contributed by atoms with E-state index >= 15 is 0 Å². The lowest BCUT2D eigenvalue weighted by molar-refractivity contribution is 0.246. The molecule has 0 aromatic heterocycles. The highest BCUT2D eigenvalue weighted by Crippen LogP contribution is 2.18. The number of hydrogen-bond acceptors (Lipinski definition) is 1. The average Bonchev–Trinajstić information content (AvgIpc) is 2.26. The molecule has 0 bridgehead atoms. The molecule has 1 radical (unpaired) electrons. The number of ether oxygens (including phenoxy) is 1. The van der Waals surface area contributed by atoms with Gasteiger partial charge in [-0.05, 0) is 22.8 Å². The van der Waals surface area contributed by atoms with Crippen LogP contribution in [-0.2, 0) is 11.2 Å². The van der Waals surface area contributed by atoms with Gasteiger partial charge in [-0.25, -0.2) is 0 Å². The van der Waals surface area contributed by atoms with Gasteiger partial charge < -0.3 is 4.74 Å². The molecule has 1 heteroatoms. The summed E-state index contributed by atoms with van der Waals surface area (Å²) < 4.78 is 4.84. The van der Waals surface area contributed by atoms with Crippen LogP contribution in [0.3, 0.4) is 0 Å². The van der Waals surface area contributed by atoms with Crippen molar-refractivity contribution in [3.63, 3.8) is 0 Å². The van der Waals surface area contributed by atoms with Gasteiger partial charge in [-0.15, -0.1) is 0 Å². The van der Waals surface area contributed by atoms with Crippen molar-refractivity contribution in [2.45, 2.75) is 6.42 Å². The van der Waals surface area contributed by atoms with Crippen LogP contribution < -0.4 is 0 Å². The normalized spacial score (nSPS) is 10.6. The van der Waals surface area contributed by atoms with Gasteiger partial charge in [0.2, 0.25) is 0 Å². The van der Waals surface area contributed by atoms with Gasteiger partial charge in [-0.3, -0.25) is 0 Å². The maximum absolute atomic E-state index is 4.84. The molecule has 71 valence electrons. The number of rotatable bonds is 3. The molecular formula is C13H13O. The first-order valence-electron chi connectivity index (χ1n) is 4.75. The number of hydrogen-bond donors (Lipinski definition) is 0. The summed E-state index contributed by atoms with van der Waals surface area (Å²) >= 11 is 0. The van der Waals surface area contributed by atoms with Crippen LogP contribution in [0.1, 0.15) is 5.56 Å². The van der Waals surface area contributed by atoms with Crippen molar-refractivity contribution in [2.24, 2.45) is 0 Å². The van der Waals surface area contributed by atoms with Gasteiger partial charge in [0, 0.05) is 0 Å². The molecule has 0 aliphatic heterocycles. The Morgan fingerprint density at radius 2 is 1.79 bits per heavy atom. The minimum atomic E-state index is 0.675. The summed E-state index contributed by atoms with van der Waals surface area (Å²) in [6.45, 7) is 0.675. The fourth-order valence-electron chi connectivity index (χ4n) is 1.69. The molecule has 0 fully saturated rings. The third kappa shape index (κ3) is 1.78. The van der Waals surface area contributed by atoms with Crippen LogP contribution in [0.4, 0.5) is 0 Å². The SMILES string of the molecule is [CH2]OCCc1cccc2ccccc12. The Hall–Kier alpha value is -1.34. The third-order valence-electron chi connectivity index (χ3n) is 2.40. The van der Waals surface area contributed by atoms with Crippen molar-refractivity contribution in [1.29, 1.82) is 0 Å². The standard InChI is InChI=1S/C13H13O/c1-14-10-9-12-7-4-6-11-5-2-3-8-13(11)12/h2-8H,1,9-10H2. The van der Waals surface area contributed by atoms with Gasteiger partial charge in [0.25, 0.3) is 0 Å². The fourth-order valence-corrected chi connectivity index (χ4v) is 1.69. The molecule has 0 spiro atoms. The van der Waals surface area contributed by atoms with Crippen molar-refractivity contribution in [3.05, 3.63) is 55.1 Å². The Balaban J connectivity index is 2.43. The smallest absolute Gasteiger partial charge is 0.0700 e. The van der Waals surface area contributed by atoms with Crippen LogP contribution in [0.25, 0.3) is 10.8 Å². The van der Waals surface area contributed by atoms with Crippen molar-refractivity contribution < 1.29 is 4.74 Å². The van der Waals surface area contributed by atoms with Crippen LogP contribution >= 0.6 is 0 Å². The maximum Gasteiger partial charge on any atom is 0.0700 e. The minimum absolute atomic E-state index is 0.675. The summed E-state index contributed by atoms with van der Waals surface area (Å²) in [6, 6.07) is 14.8. The van der Waals surface area contributed by atoms with Crippen molar-refractivity contribution in [1.82, 2.24) is 0 Å². The Bertz CT molecular complexity index is 415. The van der Waals surface area contributed by atoms with E-state index < -0.39 is 0 Å². The van der Waals surface area contributed by atoms with Gasteiger partial charge in [0.1, 0.15) is 0 Å². The second-order valence-corrected chi connectivity index (χ2v) is 3.30. The van der Waals surface area contributed by atoms with Crippen molar-refractivity contribution in [3.8, 4) is 0 Å². The van der Waals surface area contributed by atoms with Crippen LogP contribution in [0, 0.1) is 7.11 Å². The van der Waals surface area contributed by atoms with Gasteiger partial charge in [-0.1, -0.05) is 42.5 Å². The second kappa shape index (κ2) is 4.25. The monoisotopic (exact) mass is 185 g/mol. The lowest BCUT2D eigenvalue weighted by Crippen LogP contribution is -1.93. The van der Waals surface area contributed by atoms with E-state index in [0.29, 0.717) is 6.61 Å². The highest BCUT2D eigenvalue weighted by molar-refractivity contribution is 5.85. The topological polar surface area (TPSA) is 9.23 Å². The first kappa shape index (κ1) is 9.22. The van der Waals surface area contributed by atoms with Crippen LogP contribution in [0.15, 0.2) is 42.5 Å². The molecule has 2 rings (SSSR count). The van der Waals surface area contributed by atoms with E-state index in [2.05, 4.69) is 49.6 Å². The molecule has 1 nitrogen and oxygen atoms in total. The van der Waals surface area contributed by atoms with Gasteiger partial charge >= 0.3 is 0 Å². The Kier molecular flexibility index (Phi) is 2.80. The molecule has 0 heterocycles. The summed E-state index contributed by atoms with van der Waals surface area (Å²) in [5.74, 6) is 0. The fraction of sp³-hybridized carbons (Fsp3) is 0.154. The van der Waals surface area contributed by atoms with Crippen molar-refractivity contribution >= 4 is 10.8 Å². The van der Waals surface area contributed by atoms with E-state index in [9.17, 15) is 0 Å². The number of fused-ring (bicyclic) bond motifs is 1. The molecule has 0 saturated heterocycles. The van der Waals surface area contributed by atoms with E-state index in [1.54, 1.807) is 0 Å². The molecule has 0 atom stereocenters. The van der Waals surface area contributed by atoms with Crippen LogP contribution in [0.2, 0.25) is 0 Å². The van der Waals surface area contributed by atoms with E-state index in [-0.39, 0.29) is 0 Å². The lowest BCUT2D eigenvalue weighted by atomic mass is 10.0. The Morgan fingerprint density at radius 3 is 2.64 bits per heavy atom. The van der Waals surface area contributed by atoms with E-state index in [1.165, 1.54) is 16.3 Å². The molecule has 0 unspecified atom stereocenters. The summed E-state index contributed by atoms with van der Waals surface area (Å²) in [6.07, 6.45) is 0.921. The largest absolute Gasteiger partial charge is 0.379 e.